The molecule has 13 heavy (non-hydrogen) atoms. The number of rotatable bonds is 3. The Kier molecular flexibility index (Phi) is 9.50. The Labute approximate surface area is 89.6 Å². The van der Waals surface area contributed by atoms with Gasteiger partial charge >= 0.3 is 0 Å². The Morgan fingerprint density at radius 1 is 1.38 bits per heavy atom. The Morgan fingerprint density at radius 2 is 1.92 bits per heavy atom. The zero-order valence-corrected chi connectivity index (χ0v) is 8.81. The van der Waals surface area contributed by atoms with E-state index in [-0.39, 0.29) is 24.8 Å². The van der Waals surface area contributed by atoms with Crippen LogP contribution in [0.4, 0.5) is 0 Å². The molecule has 0 bridgehead atoms. The molecule has 0 aliphatic carbocycles. The number of nitrogens with zero attached hydrogens (tertiary/aromatic N) is 2. The van der Waals surface area contributed by atoms with Crippen LogP contribution in [-0.4, -0.2) is 28.7 Å². The molecule has 1 unspecified atom stereocenters. The molecular weight excluding hydrogens is 213 g/mol. The molecule has 6 heteroatoms. The van der Waals surface area contributed by atoms with E-state index in [1.165, 1.54) is 0 Å². The molecule has 1 aromatic rings. The van der Waals surface area contributed by atoms with E-state index in [9.17, 15) is 5.11 Å². The predicted octanol–water partition coefficient (Wildman–Crippen LogP) is 0.573. The molecule has 0 aromatic carbocycles. The number of nitrogens with one attached hydrogen (secondary N) is 1. The highest BCUT2D eigenvalue weighted by Gasteiger charge is 2.06. The van der Waals surface area contributed by atoms with E-state index >= 15 is 0 Å². The minimum absolute atomic E-state index is 0. The molecule has 0 amide bonds. The van der Waals surface area contributed by atoms with Crippen molar-refractivity contribution in [2.75, 3.05) is 13.6 Å². The van der Waals surface area contributed by atoms with Crippen LogP contribution in [0.25, 0.3) is 0 Å². The van der Waals surface area contributed by atoms with E-state index in [1.54, 1.807) is 25.5 Å². The first-order chi connectivity index (χ1) is 5.34. The van der Waals surface area contributed by atoms with E-state index < -0.39 is 6.10 Å². The lowest BCUT2D eigenvalue weighted by Gasteiger charge is -2.06. The summed E-state index contributed by atoms with van der Waals surface area (Å²) in [6.45, 7) is 0.476. The maximum atomic E-state index is 9.33. The molecule has 2 N–H and O–H groups in total. The molecule has 0 spiro atoms. The molecule has 0 fully saturated rings. The van der Waals surface area contributed by atoms with Crippen LogP contribution < -0.4 is 5.32 Å². The van der Waals surface area contributed by atoms with Crippen molar-refractivity contribution in [3.63, 3.8) is 0 Å². The molecule has 1 aromatic heterocycles. The minimum Gasteiger partial charge on any atom is -0.384 e. The number of aliphatic hydroxyl groups excluding tert-OH is 1. The topological polar surface area (TPSA) is 58.0 Å². The molecule has 1 rings (SSSR count). The van der Waals surface area contributed by atoms with Crippen LogP contribution in [0.3, 0.4) is 0 Å². The molecule has 76 valence electrons. The molecule has 1 heterocycles. The monoisotopic (exact) mass is 225 g/mol. The van der Waals surface area contributed by atoms with E-state index in [0.29, 0.717) is 12.4 Å². The largest absolute Gasteiger partial charge is 0.384 e. The maximum Gasteiger partial charge on any atom is 0.158 e. The zero-order chi connectivity index (χ0) is 8.10. The van der Waals surface area contributed by atoms with Crippen molar-refractivity contribution < 1.29 is 5.11 Å². The molecule has 1 atom stereocenters. The fourth-order valence-corrected chi connectivity index (χ4v) is 0.767. The van der Waals surface area contributed by atoms with Crippen LogP contribution >= 0.6 is 24.8 Å². The number of aliphatic hydroxyl groups is 1. The summed E-state index contributed by atoms with van der Waals surface area (Å²) in [4.78, 5) is 7.79. The first-order valence-electron chi connectivity index (χ1n) is 3.44. The lowest BCUT2D eigenvalue weighted by molar-refractivity contribution is 0.168. The van der Waals surface area contributed by atoms with E-state index in [4.69, 9.17) is 0 Å². The molecule has 0 aliphatic rings. The molecule has 4 nitrogen and oxygen atoms in total. The van der Waals surface area contributed by atoms with Gasteiger partial charge in [-0.05, 0) is 13.1 Å². The Balaban J connectivity index is 0. The maximum absolute atomic E-state index is 9.33. The standard InChI is InChI=1S/C7H11N3O.2ClH/c1-8-5-6(11)7-9-3-2-4-10-7;;/h2-4,6,8,11H,5H2,1H3;2*1H. The molecule has 0 saturated heterocycles. The van der Waals surface area contributed by atoms with Crippen LogP contribution in [0.2, 0.25) is 0 Å². The summed E-state index contributed by atoms with van der Waals surface area (Å²) in [6.07, 6.45) is 2.61. The van der Waals surface area contributed by atoms with Gasteiger partial charge in [0, 0.05) is 18.9 Å². The lowest BCUT2D eigenvalue weighted by Crippen LogP contribution is -2.18. The summed E-state index contributed by atoms with van der Waals surface area (Å²) in [6, 6.07) is 1.72. The number of likely N-dealkylation sites (N-methyl/N-ethyl adjacent to an activating group) is 1. The van der Waals surface area contributed by atoms with Gasteiger partial charge < -0.3 is 10.4 Å². The highest BCUT2D eigenvalue weighted by molar-refractivity contribution is 5.85. The summed E-state index contributed by atoms with van der Waals surface area (Å²) < 4.78 is 0. The van der Waals surface area contributed by atoms with Gasteiger partial charge in [0.25, 0.3) is 0 Å². The van der Waals surface area contributed by atoms with Crippen molar-refractivity contribution in [3.8, 4) is 0 Å². The Bertz CT molecular complexity index is 210. The summed E-state index contributed by atoms with van der Waals surface area (Å²) >= 11 is 0. The van der Waals surface area contributed by atoms with Gasteiger partial charge in [0.1, 0.15) is 6.10 Å². The van der Waals surface area contributed by atoms with Gasteiger partial charge in [-0.3, -0.25) is 0 Å². The van der Waals surface area contributed by atoms with E-state index in [0.717, 1.165) is 0 Å². The molecule has 0 saturated carbocycles. The van der Waals surface area contributed by atoms with Crippen molar-refractivity contribution in [1.82, 2.24) is 15.3 Å². The van der Waals surface area contributed by atoms with Crippen LogP contribution in [0.15, 0.2) is 18.5 Å². The van der Waals surface area contributed by atoms with Gasteiger partial charge in [-0.2, -0.15) is 0 Å². The normalized spacial score (nSPS) is 10.9. The SMILES string of the molecule is CNCC(O)c1ncccn1.Cl.Cl. The number of aromatic nitrogens is 2. The summed E-state index contributed by atoms with van der Waals surface area (Å²) in [5.74, 6) is 0.460. The molecule has 0 radical (unpaired) electrons. The minimum atomic E-state index is -0.610. The lowest BCUT2D eigenvalue weighted by atomic mass is 10.3. The number of hydrogen-bond acceptors (Lipinski definition) is 4. The third kappa shape index (κ3) is 5.00. The highest BCUT2D eigenvalue weighted by atomic mass is 35.5. The van der Waals surface area contributed by atoms with Crippen LogP contribution in [0, 0.1) is 0 Å². The van der Waals surface area contributed by atoms with Crippen LogP contribution in [-0.2, 0) is 0 Å². The second-order valence-corrected chi connectivity index (χ2v) is 2.18. The summed E-state index contributed by atoms with van der Waals surface area (Å²) in [5.41, 5.74) is 0. The van der Waals surface area contributed by atoms with Gasteiger partial charge in [0.15, 0.2) is 5.82 Å². The second kappa shape index (κ2) is 8.19. The molecular formula is C7H13Cl2N3O. The fourth-order valence-electron chi connectivity index (χ4n) is 0.767. The third-order valence-corrected chi connectivity index (χ3v) is 1.28. The Morgan fingerprint density at radius 3 is 2.38 bits per heavy atom. The number of hydrogen-bond donors (Lipinski definition) is 2. The molecule has 0 aliphatic heterocycles. The van der Waals surface area contributed by atoms with Gasteiger partial charge in [0.05, 0.1) is 0 Å². The zero-order valence-electron chi connectivity index (χ0n) is 7.17. The van der Waals surface area contributed by atoms with Crippen LogP contribution in [0.1, 0.15) is 11.9 Å². The van der Waals surface area contributed by atoms with Gasteiger partial charge in [0.2, 0.25) is 0 Å². The van der Waals surface area contributed by atoms with E-state index in [1.807, 2.05) is 0 Å². The fraction of sp³-hybridized carbons (Fsp3) is 0.429. The van der Waals surface area contributed by atoms with Crippen molar-refractivity contribution in [2.45, 2.75) is 6.10 Å². The first kappa shape index (κ1) is 15.1. The first-order valence-corrected chi connectivity index (χ1v) is 3.44. The summed E-state index contributed by atoms with van der Waals surface area (Å²) in [7, 11) is 1.77. The van der Waals surface area contributed by atoms with Crippen molar-refractivity contribution in [3.05, 3.63) is 24.3 Å². The van der Waals surface area contributed by atoms with Crippen molar-refractivity contribution in [2.24, 2.45) is 0 Å². The van der Waals surface area contributed by atoms with Gasteiger partial charge in [-0.15, -0.1) is 24.8 Å². The van der Waals surface area contributed by atoms with Crippen molar-refractivity contribution in [1.29, 1.82) is 0 Å². The third-order valence-electron chi connectivity index (χ3n) is 1.28. The van der Waals surface area contributed by atoms with E-state index in [2.05, 4.69) is 15.3 Å². The predicted molar refractivity (Wildman–Crippen MR) is 55.4 cm³/mol. The number of halogens is 2. The smallest absolute Gasteiger partial charge is 0.158 e. The van der Waals surface area contributed by atoms with Gasteiger partial charge in [-0.25, -0.2) is 9.97 Å². The Hall–Kier alpha value is -0.420. The average molecular weight is 226 g/mol. The van der Waals surface area contributed by atoms with Crippen molar-refractivity contribution >= 4 is 24.8 Å². The van der Waals surface area contributed by atoms with Crippen LogP contribution in [0.5, 0.6) is 0 Å². The summed E-state index contributed by atoms with van der Waals surface area (Å²) in [5, 5.41) is 12.2. The van der Waals surface area contributed by atoms with Gasteiger partial charge in [-0.1, -0.05) is 0 Å². The second-order valence-electron chi connectivity index (χ2n) is 2.18. The quantitative estimate of drug-likeness (QED) is 0.791. The average Bonchev–Trinajstić information content (AvgIpc) is 2.07. The highest BCUT2D eigenvalue weighted by Crippen LogP contribution is 2.02.